The van der Waals surface area contributed by atoms with Crippen molar-refractivity contribution in [2.45, 2.75) is 39.5 Å². The van der Waals surface area contributed by atoms with E-state index in [4.69, 9.17) is 0 Å². The molecular weight excluding hydrogens is 280 g/mol. The maximum atomic E-state index is 12.2. The van der Waals surface area contributed by atoms with E-state index in [1.54, 1.807) is 11.3 Å². The van der Waals surface area contributed by atoms with Crippen LogP contribution in [-0.4, -0.2) is 6.03 Å². The van der Waals surface area contributed by atoms with E-state index in [1.165, 1.54) is 23.3 Å². The summed E-state index contributed by atoms with van der Waals surface area (Å²) in [6, 6.07) is 5.91. The van der Waals surface area contributed by atoms with Crippen LogP contribution in [0.25, 0.3) is 0 Å². The Labute approximate surface area is 129 Å². The van der Waals surface area contributed by atoms with E-state index in [-0.39, 0.29) is 6.03 Å². The van der Waals surface area contributed by atoms with Crippen molar-refractivity contribution in [1.82, 2.24) is 0 Å². The molecule has 0 saturated carbocycles. The average molecular weight is 300 g/mol. The van der Waals surface area contributed by atoms with Crippen LogP contribution in [0.4, 0.5) is 16.2 Å². The first-order valence-corrected chi connectivity index (χ1v) is 8.26. The minimum Gasteiger partial charge on any atom is -0.307 e. The Balaban J connectivity index is 1.72. The van der Waals surface area contributed by atoms with E-state index in [0.717, 1.165) is 35.3 Å². The first-order valence-electron chi connectivity index (χ1n) is 7.38. The van der Waals surface area contributed by atoms with E-state index in [9.17, 15) is 4.79 Å². The van der Waals surface area contributed by atoms with Gasteiger partial charge in [0.1, 0.15) is 0 Å². The second-order valence-corrected chi connectivity index (χ2v) is 6.62. The third kappa shape index (κ3) is 3.10. The van der Waals surface area contributed by atoms with E-state index < -0.39 is 0 Å². The quantitative estimate of drug-likeness (QED) is 0.814. The van der Waals surface area contributed by atoms with Gasteiger partial charge in [0.15, 0.2) is 0 Å². The molecule has 1 aliphatic carbocycles. The SMILES string of the molecule is Cc1ccc(C)c(NC(=O)Nc2csc3c2CCCC3)c1. The van der Waals surface area contributed by atoms with Gasteiger partial charge in [-0.3, -0.25) is 0 Å². The summed E-state index contributed by atoms with van der Waals surface area (Å²) in [6.45, 7) is 4.03. The van der Waals surface area contributed by atoms with Crippen LogP contribution >= 0.6 is 11.3 Å². The number of aryl methyl sites for hydroxylation is 3. The Bertz CT molecular complexity index is 675. The van der Waals surface area contributed by atoms with Crippen molar-refractivity contribution < 1.29 is 4.79 Å². The van der Waals surface area contributed by atoms with Gasteiger partial charge in [-0.05, 0) is 62.3 Å². The molecule has 0 bridgehead atoms. The van der Waals surface area contributed by atoms with Crippen LogP contribution in [-0.2, 0) is 12.8 Å². The fourth-order valence-electron chi connectivity index (χ4n) is 2.75. The monoisotopic (exact) mass is 300 g/mol. The second-order valence-electron chi connectivity index (χ2n) is 5.66. The molecule has 21 heavy (non-hydrogen) atoms. The summed E-state index contributed by atoms with van der Waals surface area (Å²) in [4.78, 5) is 13.6. The van der Waals surface area contributed by atoms with Crippen LogP contribution in [0.15, 0.2) is 23.6 Å². The van der Waals surface area contributed by atoms with Crippen LogP contribution in [0.1, 0.15) is 34.4 Å². The molecule has 0 spiro atoms. The Kier molecular flexibility index (Phi) is 3.97. The molecule has 4 heteroatoms. The Hall–Kier alpha value is -1.81. The molecule has 1 heterocycles. The molecule has 0 aliphatic heterocycles. The minimum absolute atomic E-state index is 0.158. The molecule has 2 amide bonds. The molecule has 2 aromatic rings. The van der Waals surface area contributed by atoms with Crippen LogP contribution in [0.2, 0.25) is 0 Å². The number of amides is 2. The lowest BCUT2D eigenvalue weighted by Crippen LogP contribution is -2.20. The lowest BCUT2D eigenvalue weighted by Gasteiger charge is -2.14. The predicted octanol–water partition coefficient (Wildman–Crippen LogP) is 4.89. The summed E-state index contributed by atoms with van der Waals surface area (Å²) < 4.78 is 0. The summed E-state index contributed by atoms with van der Waals surface area (Å²) in [5.41, 5.74) is 5.41. The number of rotatable bonds is 2. The third-order valence-corrected chi connectivity index (χ3v) is 5.04. The number of nitrogens with one attached hydrogen (secondary N) is 2. The number of urea groups is 1. The molecule has 1 aromatic heterocycles. The average Bonchev–Trinajstić information content (AvgIpc) is 2.86. The van der Waals surface area contributed by atoms with Crippen molar-refractivity contribution in [2.24, 2.45) is 0 Å². The summed E-state index contributed by atoms with van der Waals surface area (Å²) in [6.07, 6.45) is 4.72. The topological polar surface area (TPSA) is 41.1 Å². The molecule has 3 nitrogen and oxygen atoms in total. The molecule has 0 atom stereocenters. The maximum absolute atomic E-state index is 12.2. The van der Waals surface area contributed by atoms with E-state index in [0.29, 0.717) is 0 Å². The molecule has 3 rings (SSSR count). The summed E-state index contributed by atoms with van der Waals surface area (Å²) in [5, 5.41) is 8.02. The number of fused-ring (bicyclic) bond motifs is 1. The fourth-order valence-corrected chi connectivity index (χ4v) is 3.82. The van der Waals surface area contributed by atoms with Gasteiger partial charge in [0.2, 0.25) is 0 Å². The number of carbonyl (C=O) groups is 1. The highest BCUT2D eigenvalue weighted by molar-refractivity contribution is 7.10. The standard InChI is InChI=1S/C17H20N2OS/c1-11-7-8-12(2)14(9-11)18-17(20)19-15-10-21-16-6-4-3-5-13(15)16/h7-10H,3-6H2,1-2H3,(H2,18,19,20). The normalized spacial score (nSPS) is 13.6. The van der Waals surface area contributed by atoms with E-state index in [2.05, 4.69) is 16.0 Å². The lowest BCUT2D eigenvalue weighted by molar-refractivity contribution is 0.262. The molecule has 1 aromatic carbocycles. The Morgan fingerprint density at radius 2 is 1.86 bits per heavy atom. The van der Waals surface area contributed by atoms with Crippen molar-refractivity contribution in [2.75, 3.05) is 10.6 Å². The van der Waals surface area contributed by atoms with Crippen LogP contribution in [0.3, 0.4) is 0 Å². The van der Waals surface area contributed by atoms with Gasteiger partial charge in [0.25, 0.3) is 0 Å². The van der Waals surface area contributed by atoms with Crippen molar-refractivity contribution in [3.63, 3.8) is 0 Å². The molecule has 2 N–H and O–H groups in total. The van der Waals surface area contributed by atoms with Gasteiger partial charge in [-0.15, -0.1) is 11.3 Å². The molecule has 0 fully saturated rings. The molecular formula is C17H20N2OS. The van der Waals surface area contributed by atoms with Crippen molar-refractivity contribution >= 4 is 28.7 Å². The van der Waals surface area contributed by atoms with Gasteiger partial charge in [0.05, 0.1) is 5.69 Å². The van der Waals surface area contributed by atoms with Gasteiger partial charge in [-0.2, -0.15) is 0 Å². The zero-order chi connectivity index (χ0) is 14.8. The van der Waals surface area contributed by atoms with E-state index in [1.807, 2.05) is 32.0 Å². The maximum Gasteiger partial charge on any atom is 0.323 e. The lowest BCUT2D eigenvalue weighted by atomic mass is 9.98. The highest BCUT2D eigenvalue weighted by Crippen LogP contribution is 2.33. The molecule has 1 aliphatic rings. The summed E-state index contributed by atoms with van der Waals surface area (Å²) >= 11 is 1.76. The predicted molar refractivity (Wildman–Crippen MR) is 89.5 cm³/mol. The number of hydrogen-bond donors (Lipinski definition) is 2. The number of carbonyl (C=O) groups excluding carboxylic acids is 1. The van der Waals surface area contributed by atoms with Crippen molar-refractivity contribution in [3.8, 4) is 0 Å². The fraction of sp³-hybridized carbons (Fsp3) is 0.353. The van der Waals surface area contributed by atoms with Gasteiger partial charge in [0, 0.05) is 15.9 Å². The van der Waals surface area contributed by atoms with Crippen molar-refractivity contribution in [3.05, 3.63) is 45.1 Å². The number of benzene rings is 1. The molecule has 0 radical (unpaired) electrons. The number of hydrogen-bond acceptors (Lipinski definition) is 2. The van der Waals surface area contributed by atoms with Gasteiger partial charge in [-0.25, -0.2) is 4.79 Å². The largest absolute Gasteiger partial charge is 0.323 e. The highest BCUT2D eigenvalue weighted by Gasteiger charge is 2.17. The first-order chi connectivity index (χ1) is 10.1. The summed E-state index contributed by atoms with van der Waals surface area (Å²) in [7, 11) is 0. The first kappa shape index (κ1) is 14.1. The number of thiophene rings is 1. The molecule has 0 unspecified atom stereocenters. The van der Waals surface area contributed by atoms with Gasteiger partial charge >= 0.3 is 6.03 Å². The van der Waals surface area contributed by atoms with Gasteiger partial charge < -0.3 is 10.6 Å². The van der Waals surface area contributed by atoms with Crippen LogP contribution < -0.4 is 10.6 Å². The van der Waals surface area contributed by atoms with E-state index >= 15 is 0 Å². The third-order valence-electron chi connectivity index (χ3n) is 3.95. The van der Waals surface area contributed by atoms with Gasteiger partial charge in [-0.1, -0.05) is 12.1 Å². The van der Waals surface area contributed by atoms with Crippen molar-refractivity contribution in [1.29, 1.82) is 0 Å². The Morgan fingerprint density at radius 3 is 2.71 bits per heavy atom. The van der Waals surface area contributed by atoms with Crippen LogP contribution in [0.5, 0.6) is 0 Å². The Morgan fingerprint density at radius 1 is 1.10 bits per heavy atom. The zero-order valence-electron chi connectivity index (χ0n) is 12.5. The number of anilines is 2. The molecule has 0 saturated heterocycles. The minimum atomic E-state index is -0.158. The molecule has 110 valence electrons. The summed E-state index contributed by atoms with van der Waals surface area (Å²) in [5.74, 6) is 0. The smallest absolute Gasteiger partial charge is 0.307 e. The highest BCUT2D eigenvalue weighted by atomic mass is 32.1. The zero-order valence-corrected chi connectivity index (χ0v) is 13.3. The van der Waals surface area contributed by atoms with Crippen LogP contribution in [0, 0.1) is 13.8 Å². The second kappa shape index (κ2) is 5.90.